The second-order valence-electron chi connectivity index (χ2n) is 5.89. The van der Waals surface area contributed by atoms with E-state index in [1.165, 1.54) is 6.07 Å². The van der Waals surface area contributed by atoms with E-state index >= 15 is 0 Å². The highest BCUT2D eigenvalue weighted by Gasteiger charge is 2.17. The van der Waals surface area contributed by atoms with Crippen LogP contribution in [0.25, 0.3) is 22.7 Å². The number of imidazole rings is 1. The van der Waals surface area contributed by atoms with E-state index < -0.39 is 4.92 Å². The Kier molecular flexibility index (Phi) is 5.01. The van der Waals surface area contributed by atoms with Crippen molar-refractivity contribution in [2.75, 3.05) is 0 Å². The van der Waals surface area contributed by atoms with Gasteiger partial charge in [-0.25, -0.2) is 15.0 Å². The number of nitrogens with zero attached hydrogens (tertiary/aromatic N) is 5. The third-order valence-corrected chi connectivity index (χ3v) is 4.96. The molecule has 0 bridgehead atoms. The Bertz CT molecular complexity index is 1240. The molecule has 0 aliphatic rings. The Balaban J connectivity index is 1.71. The van der Waals surface area contributed by atoms with Crippen LogP contribution in [0.2, 0.25) is 0 Å². The lowest BCUT2D eigenvalue weighted by molar-refractivity contribution is -0.387. The lowest BCUT2D eigenvalue weighted by atomic mass is 10.1. The summed E-state index contributed by atoms with van der Waals surface area (Å²) in [6, 6.07) is 16.0. The zero-order chi connectivity index (χ0) is 20.2. The second-order valence-corrected chi connectivity index (χ2v) is 6.90. The Morgan fingerprint density at radius 2 is 1.97 bits per heavy atom. The molecule has 0 spiro atoms. The molecule has 4 aromatic rings. The minimum Gasteiger partial charge on any atom is -0.337 e. The van der Waals surface area contributed by atoms with Gasteiger partial charge in [0.2, 0.25) is 0 Å². The van der Waals surface area contributed by atoms with Gasteiger partial charge >= 0.3 is 0 Å². The van der Waals surface area contributed by atoms with Crippen molar-refractivity contribution in [1.82, 2.24) is 19.9 Å². The number of nitro groups is 1. The Labute approximate surface area is 169 Å². The summed E-state index contributed by atoms with van der Waals surface area (Å²) < 4.78 is 0. The number of hydrogen-bond donors (Lipinski definition) is 1. The van der Waals surface area contributed by atoms with Crippen LogP contribution in [0.3, 0.4) is 0 Å². The molecule has 0 aliphatic carbocycles. The molecule has 0 unspecified atom stereocenters. The predicted octanol–water partition coefficient (Wildman–Crippen LogP) is 4.48. The number of rotatable bonds is 5. The van der Waals surface area contributed by atoms with Crippen molar-refractivity contribution in [2.24, 2.45) is 0 Å². The van der Waals surface area contributed by atoms with Gasteiger partial charge in [0.05, 0.1) is 26.4 Å². The minimum absolute atomic E-state index is 0.0851. The van der Waals surface area contributed by atoms with Gasteiger partial charge in [-0.2, -0.15) is 5.26 Å². The number of aromatic amines is 1. The second kappa shape index (κ2) is 7.92. The molecule has 9 heteroatoms. The van der Waals surface area contributed by atoms with Crippen molar-refractivity contribution in [3.05, 3.63) is 82.4 Å². The van der Waals surface area contributed by atoms with Crippen molar-refractivity contribution < 1.29 is 4.92 Å². The number of H-pyrrole nitrogens is 1. The van der Waals surface area contributed by atoms with Gasteiger partial charge < -0.3 is 4.98 Å². The smallest absolute Gasteiger partial charge is 0.283 e. The molecule has 1 N–H and O–H groups in total. The van der Waals surface area contributed by atoms with Gasteiger partial charge in [-0.1, -0.05) is 18.2 Å². The number of hydrogen-bond acceptors (Lipinski definition) is 7. The summed E-state index contributed by atoms with van der Waals surface area (Å²) in [4.78, 5) is 27.2. The molecule has 2 aromatic carbocycles. The van der Waals surface area contributed by atoms with Gasteiger partial charge in [-0.15, -0.1) is 0 Å². The van der Waals surface area contributed by atoms with Crippen LogP contribution in [0, 0.1) is 21.4 Å². The molecule has 0 saturated heterocycles. The first-order valence-corrected chi connectivity index (χ1v) is 9.26. The highest BCUT2D eigenvalue weighted by Crippen LogP contribution is 2.34. The highest BCUT2D eigenvalue weighted by atomic mass is 32.2. The van der Waals surface area contributed by atoms with Crippen LogP contribution in [-0.4, -0.2) is 24.9 Å². The topological polar surface area (TPSA) is 121 Å². The highest BCUT2D eigenvalue weighted by molar-refractivity contribution is 7.99. The number of aromatic nitrogens is 4. The molecule has 0 atom stereocenters. The molecule has 140 valence electrons. The first kappa shape index (κ1) is 18.3. The number of nitriles is 1. The SMILES string of the molecule is N#C/C(=C\c1ccc(Sc2ncccn2)c([N+](=O)[O-])c1)c1nc2ccccc2[nH]1. The van der Waals surface area contributed by atoms with E-state index in [0.29, 0.717) is 21.4 Å². The zero-order valence-corrected chi connectivity index (χ0v) is 15.6. The molecule has 0 amide bonds. The summed E-state index contributed by atoms with van der Waals surface area (Å²) in [6.07, 6.45) is 4.72. The molecule has 0 radical (unpaired) electrons. The van der Waals surface area contributed by atoms with Gasteiger partial charge in [-0.05, 0) is 47.7 Å². The third kappa shape index (κ3) is 3.97. The van der Waals surface area contributed by atoms with Crippen molar-refractivity contribution in [3.8, 4) is 6.07 Å². The summed E-state index contributed by atoms with van der Waals surface area (Å²) >= 11 is 1.11. The first-order valence-electron chi connectivity index (χ1n) is 8.44. The fourth-order valence-electron chi connectivity index (χ4n) is 2.69. The third-order valence-electron chi connectivity index (χ3n) is 4.00. The lowest BCUT2D eigenvalue weighted by Gasteiger charge is -2.03. The number of allylic oxidation sites excluding steroid dienone is 1. The van der Waals surface area contributed by atoms with Crippen molar-refractivity contribution in [2.45, 2.75) is 10.1 Å². The van der Waals surface area contributed by atoms with Crippen LogP contribution in [0.4, 0.5) is 5.69 Å². The molecular formula is C20H12N6O2S. The standard InChI is InChI=1S/C20H12N6O2S/c21-12-14(19-24-15-4-1-2-5-16(15)25-19)10-13-6-7-18(17(11-13)26(27)28)29-20-22-8-3-9-23-20/h1-11H,(H,24,25)/b14-10+. The summed E-state index contributed by atoms with van der Waals surface area (Å²) in [5.41, 5.74) is 2.26. The van der Waals surface area contributed by atoms with E-state index in [0.717, 1.165) is 22.8 Å². The van der Waals surface area contributed by atoms with E-state index in [2.05, 4.69) is 26.0 Å². The number of benzene rings is 2. The van der Waals surface area contributed by atoms with Gasteiger partial charge in [0, 0.05) is 18.5 Å². The van der Waals surface area contributed by atoms with E-state index in [-0.39, 0.29) is 11.3 Å². The van der Waals surface area contributed by atoms with E-state index in [9.17, 15) is 15.4 Å². The molecule has 8 nitrogen and oxygen atoms in total. The Hall–Kier alpha value is -4.03. The van der Waals surface area contributed by atoms with E-state index in [1.54, 1.807) is 36.7 Å². The molecule has 0 aliphatic heterocycles. The maximum absolute atomic E-state index is 11.6. The summed E-state index contributed by atoms with van der Waals surface area (Å²) in [5.74, 6) is 0.410. The summed E-state index contributed by atoms with van der Waals surface area (Å²) in [5, 5.41) is 21.5. The predicted molar refractivity (Wildman–Crippen MR) is 109 cm³/mol. The Morgan fingerprint density at radius 1 is 1.17 bits per heavy atom. The molecule has 2 heterocycles. The van der Waals surface area contributed by atoms with E-state index in [4.69, 9.17) is 0 Å². The number of fused-ring (bicyclic) bond motifs is 1. The molecule has 4 rings (SSSR count). The maximum atomic E-state index is 11.6. The fourth-order valence-corrected chi connectivity index (χ4v) is 3.49. The average Bonchev–Trinajstić information content (AvgIpc) is 3.17. The average molecular weight is 400 g/mol. The van der Waals surface area contributed by atoms with Crippen LogP contribution in [-0.2, 0) is 0 Å². The largest absolute Gasteiger partial charge is 0.337 e. The van der Waals surface area contributed by atoms with Crippen LogP contribution in [0.15, 0.2) is 71.0 Å². The molecule has 0 fully saturated rings. The van der Waals surface area contributed by atoms with Gasteiger partial charge in [-0.3, -0.25) is 10.1 Å². The minimum atomic E-state index is -0.462. The molecule has 0 saturated carbocycles. The van der Waals surface area contributed by atoms with Crippen LogP contribution in [0.1, 0.15) is 11.4 Å². The summed E-state index contributed by atoms with van der Waals surface area (Å²) in [7, 11) is 0. The van der Waals surface area contributed by atoms with Gasteiger partial charge in [0.15, 0.2) is 5.16 Å². The maximum Gasteiger partial charge on any atom is 0.283 e. The van der Waals surface area contributed by atoms with Gasteiger partial charge in [0.1, 0.15) is 11.9 Å². The number of nitrogens with one attached hydrogen (secondary N) is 1. The van der Waals surface area contributed by atoms with Crippen molar-refractivity contribution in [3.63, 3.8) is 0 Å². The monoisotopic (exact) mass is 400 g/mol. The van der Waals surface area contributed by atoms with Crippen LogP contribution >= 0.6 is 11.8 Å². The van der Waals surface area contributed by atoms with Crippen molar-refractivity contribution in [1.29, 1.82) is 5.26 Å². The summed E-state index contributed by atoms with van der Waals surface area (Å²) in [6.45, 7) is 0. The number of nitro benzene ring substituents is 1. The fraction of sp³-hybridized carbons (Fsp3) is 0. The number of para-hydroxylation sites is 2. The molecule has 29 heavy (non-hydrogen) atoms. The lowest BCUT2D eigenvalue weighted by Crippen LogP contribution is -1.93. The quantitative estimate of drug-likeness (QED) is 0.227. The molecule has 2 aromatic heterocycles. The van der Waals surface area contributed by atoms with Crippen LogP contribution < -0.4 is 0 Å². The molecular weight excluding hydrogens is 388 g/mol. The van der Waals surface area contributed by atoms with E-state index in [1.807, 2.05) is 24.3 Å². The normalized spacial score (nSPS) is 11.3. The van der Waals surface area contributed by atoms with Crippen molar-refractivity contribution >= 4 is 40.1 Å². The van der Waals surface area contributed by atoms with Crippen LogP contribution in [0.5, 0.6) is 0 Å². The zero-order valence-electron chi connectivity index (χ0n) is 14.8. The Morgan fingerprint density at radius 3 is 2.69 bits per heavy atom. The first-order chi connectivity index (χ1) is 14.1. The van der Waals surface area contributed by atoms with Gasteiger partial charge in [0.25, 0.3) is 5.69 Å².